The molecule has 2 aromatic rings. The highest BCUT2D eigenvalue weighted by Gasteiger charge is 2.26. The second kappa shape index (κ2) is 8.05. The molecule has 0 fully saturated rings. The van der Waals surface area contributed by atoms with Crippen molar-refractivity contribution in [3.05, 3.63) is 65.7 Å². The summed E-state index contributed by atoms with van der Waals surface area (Å²) in [5.74, 6) is -5.84. The van der Waals surface area contributed by atoms with Gasteiger partial charge < -0.3 is 10.4 Å². The van der Waals surface area contributed by atoms with E-state index in [0.717, 1.165) is 18.2 Å². The van der Waals surface area contributed by atoms with Crippen molar-refractivity contribution in [1.29, 1.82) is 0 Å². The number of amides is 1. The Hall–Kier alpha value is -2.81. The third-order valence-corrected chi connectivity index (χ3v) is 5.34. The van der Waals surface area contributed by atoms with E-state index in [1.807, 2.05) is 5.32 Å². The lowest BCUT2D eigenvalue weighted by atomic mass is 10.1. The van der Waals surface area contributed by atoms with Crippen molar-refractivity contribution in [2.45, 2.75) is 17.4 Å². The minimum absolute atomic E-state index is 0.0200. The van der Waals surface area contributed by atoms with Crippen LogP contribution < -0.4 is 5.32 Å². The van der Waals surface area contributed by atoms with Crippen LogP contribution in [0.5, 0.6) is 0 Å². The Kier molecular flexibility index (Phi) is 6.04. The maximum atomic E-state index is 13.6. The number of sulfone groups is 1. The zero-order valence-corrected chi connectivity index (χ0v) is 14.2. The van der Waals surface area contributed by atoms with Crippen molar-refractivity contribution in [3.63, 3.8) is 0 Å². The maximum absolute atomic E-state index is 13.6. The van der Waals surface area contributed by atoms with Crippen LogP contribution in [0.2, 0.25) is 0 Å². The summed E-state index contributed by atoms with van der Waals surface area (Å²) < 4.78 is 51.2. The Bertz CT molecular complexity index is 916. The van der Waals surface area contributed by atoms with Gasteiger partial charge in [-0.2, -0.15) is 0 Å². The molecule has 0 aliphatic carbocycles. The van der Waals surface area contributed by atoms with Gasteiger partial charge in [-0.1, -0.05) is 24.3 Å². The van der Waals surface area contributed by atoms with Gasteiger partial charge in [0.2, 0.25) is 0 Å². The van der Waals surface area contributed by atoms with Crippen LogP contribution in [0.15, 0.2) is 53.4 Å². The molecule has 2 N–H and O–H groups in total. The summed E-state index contributed by atoms with van der Waals surface area (Å²) in [6.07, 6.45) is -0.435. The van der Waals surface area contributed by atoms with Gasteiger partial charge in [-0.3, -0.25) is 4.79 Å². The van der Waals surface area contributed by atoms with Gasteiger partial charge in [0.25, 0.3) is 5.91 Å². The number of nitrogens with one attached hydrogen (secondary N) is 1. The predicted octanol–water partition coefficient (Wildman–Crippen LogP) is 2.01. The molecule has 0 saturated carbocycles. The molecule has 6 nitrogen and oxygen atoms in total. The predicted molar refractivity (Wildman–Crippen MR) is 88.4 cm³/mol. The fourth-order valence-corrected chi connectivity index (χ4v) is 3.54. The normalized spacial score (nSPS) is 12.4. The quantitative estimate of drug-likeness (QED) is 0.762. The van der Waals surface area contributed by atoms with Crippen LogP contribution in [0.1, 0.15) is 16.8 Å². The number of halogens is 2. The van der Waals surface area contributed by atoms with Crippen molar-refractivity contribution >= 4 is 21.7 Å². The number of aliphatic carboxylic acids is 1. The van der Waals surface area contributed by atoms with Crippen LogP contribution in [0.25, 0.3) is 0 Å². The van der Waals surface area contributed by atoms with E-state index in [1.54, 1.807) is 6.07 Å². The number of hydrogen-bond acceptors (Lipinski definition) is 4. The molecule has 0 unspecified atom stereocenters. The number of carboxylic acids is 1. The molecule has 138 valence electrons. The van der Waals surface area contributed by atoms with Gasteiger partial charge in [-0.05, 0) is 30.7 Å². The lowest BCUT2D eigenvalue weighted by Gasteiger charge is -2.15. The SMILES string of the molecule is O=C(N[C@@H](CCS(=O)(=O)c1ccccc1)C(=O)O)c1cccc(F)c1F. The minimum atomic E-state index is -3.75. The molecule has 9 heteroatoms. The van der Waals surface area contributed by atoms with Crippen LogP contribution in [0.4, 0.5) is 8.78 Å². The lowest BCUT2D eigenvalue weighted by molar-refractivity contribution is -0.139. The summed E-state index contributed by atoms with van der Waals surface area (Å²) in [4.78, 5) is 23.3. The molecule has 0 spiro atoms. The average molecular weight is 383 g/mol. The minimum Gasteiger partial charge on any atom is -0.480 e. The van der Waals surface area contributed by atoms with Gasteiger partial charge >= 0.3 is 5.97 Å². The second-order valence-electron chi connectivity index (χ2n) is 5.39. The van der Waals surface area contributed by atoms with Crippen LogP contribution in [-0.4, -0.2) is 37.2 Å². The molecule has 26 heavy (non-hydrogen) atoms. The molecular formula is C17H15F2NO5S. The van der Waals surface area contributed by atoms with Gasteiger partial charge in [0, 0.05) is 0 Å². The van der Waals surface area contributed by atoms with E-state index < -0.39 is 57.1 Å². The topological polar surface area (TPSA) is 101 Å². The zero-order valence-electron chi connectivity index (χ0n) is 13.4. The van der Waals surface area contributed by atoms with E-state index in [4.69, 9.17) is 0 Å². The Morgan fingerprint density at radius 2 is 1.69 bits per heavy atom. The molecule has 1 atom stereocenters. The van der Waals surface area contributed by atoms with Crippen molar-refractivity contribution in [3.8, 4) is 0 Å². The fraction of sp³-hybridized carbons (Fsp3) is 0.176. The molecule has 2 rings (SSSR count). The van der Waals surface area contributed by atoms with E-state index in [-0.39, 0.29) is 4.90 Å². The second-order valence-corrected chi connectivity index (χ2v) is 7.50. The molecule has 0 radical (unpaired) electrons. The van der Waals surface area contributed by atoms with Gasteiger partial charge in [0.05, 0.1) is 16.2 Å². The van der Waals surface area contributed by atoms with Crippen molar-refractivity contribution < 1.29 is 31.9 Å². The standard InChI is InChI=1S/C17H15F2NO5S/c18-13-8-4-7-12(15(13)19)16(21)20-14(17(22)23)9-10-26(24,25)11-5-2-1-3-6-11/h1-8,14H,9-10H2,(H,20,21)(H,22,23)/t14-/m0/s1. The molecule has 0 aliphatic heterocycles. The molecule has 0 heterocycles. The third kappa shape index (κ3) is 4.63. The first-order valence-electron chi connectivity index (χ1n) is 7.48. The summed E-state index contributed by atoms with van der Waals surface area (Å²) in [5.41, 5.74) is -0.665. The van der Waals surface area contributed by atoms with Gasteiger partial charge in [-0.25, -0.2) is 22.0 Å². The highest BCUT2D eigenvalue weighted by Crippen LogP contribution is 2.14. The zero-order chi connectivity index (χ0) is 19.3. The molecule has 2 aromatic carbocycles. The van der Waals surface area contributed by atoms with Crippen LogP contribution in [0, 0.1) is 11.6 Å². The van der Waals surface area contributed by atoms with Crippen molar-refractivity contribution in [2.24, 2.45) is 0 Å². The third-order valence-electron chi connectivity index (χ3n) is 3.58. The Balaban J connectivity index is 2.11. The Morgan fingerprint density at radius 3 is 2.31 bits per heavy atom. The van der Waals surface area contributed by atoms with E-state index in [0.29, 0.717) is 0 Å². The molecule has 0 aliphatic rings. The van der Waals surface area contributed by atoms with Crippen molar-refractivity contribution in [1.82, 2.24) is 5.32 Å². The monoisotopic (exact) mass is 383 g/mol. The molecule has 0 aromatic heterocycles. The number of rotatable bonds is 7. The molecule has 1 amide bonds. The average Bonchev–Trinajstić information content (AvgIpc) is 2.61. The summed E-state index contributed by atoms with van der Waals surface area (Å²) in [5, 5.41) is 11.2. The summed E-state index contributed by atoms with van der Waals surface area (Å²) in [7, 11) is -3.75. The maximum Gasteiger partial charge on any atom is 0.326 e. The Labute approximate surface area is 148 Å². The molecule has 0 bridgehead atoms. The van der Waals surface area contributed by atoms with Gasteiger partial charge in [-0.15, -0.1) is 0 Å². The highest BCUT2D eigenvalue weighted by atomic mass is 32.2. The van der Waals surface area contributed by atoms with E-state index in [9.17, 15) is 31.9 Å². The molecular weight excluding hydrogens is 368 g/mol. The first kappa shape index (κ1) is 19.5. The van der Waals surface area contributed by atoms with E-state index in [2.05, 4.69) is 0 Å². The van der Waals surface area contributed by atoms with Crippen LogP contribution in [0.3, 0.4) is 0 Å². The smallest absolute Gasteiger partial charge is 0.326 e. The van der Waals surface area contributed by atoms with Gasteiger partial charge in [0.1, 0.15) is 6.04 Å². The number of benzene rings is 2. The number of hydrogen-bond donors (Lipinski definition) is 2. The summed E-state index contributed by atoms with van der Waals surface area (Å²) in [6, 6.07) is 8.74. The van der Waals surface area contributed by atoms with Crippen LogP contribution in [-0.2, 0) is 14.6 Å². The number of carbonyl (C=O) groups is 2. The van der Waals surface area contributed by atoms with Crippen LogP contribution >= 0.6 is 0 Å². The number of carboxylic acid groups (broad SMARTS) is 1. The van der Waals surface area contributed by atoms with Gasteiger partial charge in [0.15, 0.2) is 21.5 Å². The first-order chi connectivity index (χ1) is 12.2. The largest absolute Gasteiger partial charge is 0.480 e. The van der Waals surface area contributed by atoms with Crippen molar-refractivity contribution in [2.75, 3.05) is 5.75 Å². The highest BCUT2D eigenvalue weighted by molar-refractivity contribution is 7.91. The fourth-order valence-electron chi connectivity index (χ4n) is 2.19. The first-order valence-corrected chi connectivity index (χ1v) is 9.13. The van der Waals surface area contributed by atoms with E-state index in [1.165, 1.54) is 24.3 Å². The summed E-state index contributed by atoms with van der Waals surface area (Å²) in [6.45, 7) is 0. The Morgan fingerprint density at radius 1 is 1.04 bits per heavy atom. The summed E-state index contributed by atoms with van der Waals surface area (Å²) >= 11 is 0. The lowest BCUT2D eigenvalue weighted by Crippen LogP contribution is -2.42. The molecule has 0 saturated heterocycles. The number of carbonyl (C=O) groups excluding carboxylic acids is 1. The van der Waals surface area contributed by atoms with E-state index >= 15 is 0 Å².